The normalized spacial score (nSPS) is 15.0. The Bertz CT molecular complexity index is 1400. The highest BCUT2D eigenvalue weighted by Gasteiger charge is 2.33. The van der Waals surface area contributed by atoms with E-state index in [9.17, 15) is 14.0 Å². The molecule has 1 aromatic heterocycles. The van der Waals surface area contributed by atoms with Gasteiger partial charge in [0, 0.05) is 28.2 Å². The van der Waals surface area contributed by atoms with Crippen LogP contribution in [-0.2, 0) is 17.9 Å². The third-order valence-corrected chi connectivity index (χ3v) is 5.84. The van der Waals surface area contributed by atoms with Crippen molar-refractivity contribution < 1.29 is 14.0 Å². The Morgan fingerprint density at radius 2 is 1.64 bits per heavy atom. The first kappa shape index (κ1) is 20.7. The van der Waals surface area contributed by atoms with E-state index in [1.54, 1.807) is 18.2 Å². The molecule has 5 rings (SSSR count). The molecule has 1 fully saturated rings. The third-order valence-electron chi connectivity index (χ3n) is 5.84. The van der Waals surface area contributed by atoms with Crippen LogP contribution in [0.2, 0.25) is 0 Å². The van der Waals surface area contributed by atoms with Gasteiger partial charge in [-0.2, -0.15) is 0 Å². The van der Waals surface area contributed by atoms with Gasteiger partial charge in [0.15, 0.2) is 0 Å². The number of amides is 3. The van der Waals surface area contributed by atoms with Crippen molar-refractivity contribution in [1.29, 1.82) is 0 Å². The maximum Gasteiger partial charge on any atom is 0.329 e. The van der Waals surface area contributed by atoms with E-state index in [0.717, 1.165) is 27.6 Å². The molecule has 0 aliphatic carbocycles. The number of nitrogens with zero attached hydrogens (tertiary/aromatic N) is 2. The summed E-state index contributed by atoms with van der Waals surface area (Å²) >= 11 is 0. The average Bonchev–Trinajstić information content (AvgIpc) is 3.29. The Balaban J connectivity index is 1.46. The topological polar surface area (TPSA) is 54.3 Å². The Morgan fingerprint density at radius 3 is 2.42 bits per heavy atom. The molecule has 4 aromatic rings. The number of hydrogen-bond acceptors (Lipinski definition) is 2. The number of aromatic nitrogens is 1. The molecule has 3 amide bonds. The maximum absolute atomic E-state index is 14.2. The molecular weight excluding hydrogens is 417 g/mol. The van der Waals surface area contributed by atoms with Crippen molar-refractivity contribution in [3.63, 3.8) is 0 Å². The van der Waals surface area contributed by atoms with Gasteiger partial charge in [-0.25, -0.2) is 9.18 Å². The predicted molar refractivity (Wildman–Crippen MR) is 126 cm³/mol. The molecule has 0 radical (unpaired) electrons. The molecule has 164 valence electrons. The second kappa shape index (κ2) is 8.39. The molecule has 1 N–H and O–H groups in total. The van der Waals surface area contributed by atoms with Gasteiger partial charge in [0.1, 0.15) is 11.5 Å². The van der Waals surface area contributed by atoms with Gasteiger partial charge >= 0.3 is 6.03 Å². The fourth-order valence-electron chi connectivity index (χ4n) is 4.08. The molecule has 1 aliphatic heterocycles. The van der Waals surface area contributed by atoms with Crippen LogP contribution in [0, 0.1) is 12.7 Å². The summed E-state index contributed by atoms with van der Waals surface area (Å²) < 4.78 is 16.2. The SMILES string of the molecule is Cc1ccc(CN2C(=O)N/C(=C/c3cn(Cc4ccccc4F)c4ccccc34)C2=O)cc1. The van der Waals surface area contributed by atoms with Gasteiger partial charge in [-0.15, -0.1) is 0 Å². The van der Waals surface area contributed by atoms with E-state index >= 15 is 0 Å². The molecule has 1 saturated heterocycles. The van der Waals surface area contributed by atoms with Crippen LogP contribution in [0.1, 0.15) is 22.3 Å². The first-order valence-electron chi connectivity index (χ1n) is 10.7. The molecule has 33 heavy (non-hydrogen) atoms. The summed E-state index contributed by atoms with van der Waals surface area (Å²) in [6, 6.07) is 21.7. The lowest BCUT2D eigenvalue weighted by molar-refractivity contribution is -0.123. The molecule has 0 atom stereocenters. The van der Waals surface area contributed by atoms with E-state index in [4.69, 9.17) is 0 Å². The predicted octanol–water partition coefficient (Wildman–Crippen LogP) is 5.23. The van der Waals surface area contributed by atoms with Gasteiger partial charge in [0.25, 0.3) is 5.91 Å². The van der Waals surface area contributed by atoms with E-state index < -0.39 is 6.03 Å². The number of benzene rings is 3. The summed E-state index contributed by atoms with van der Waals surface area (Å²) in [5.41, 5.74) is 4.49. The maximum atomic E-state index is 14.2. The molecule has 3 aromatic carbocycles. The zero-order chi connectivity index (χ0) is 22.9. The second-order valence-corrected chi connectivity index (χ2v) is 8.19. The number of fused-ring (bicyclic) bond motifs is 1. The van der Waals surface area contributed by atoms with Crippen LogP contribution in [0.5, 0.6) is 0 Å². The van der Waals surface area contributed by atoms with Crippen molar-refractivity contribution in [1.82, 2.24) is 14.8 Å². The number of halogens is 1. The number of imide groups is 1. The smallest absolute Gasteiger partial charge is 0.329 e. The molecule has 2 heterocycles. The number of aryl methyl sites for hydroxylation is 1. The van der Waals surface area contributed by atoms with Crippen molar-refractivity contribution in [3.8, 4) is 0 Å². The Hall–Kier alpha value is -4.19. The van der Waals surface area contributed by atoms with Gasteiger partial charge in [-0.1, -0.05) is 66.2 Å². The molecule has 6 heteroatoms. The summed E-state index contributed by atoms with van der Waals surface area (Å²) in [6.07, 6.45) is 3.57. The average molecular weight is 439 g/mol. The number of carbonyl (C=O) groups excluding carboxylic acids is 2. The third kappa shape index (κ3) is 4.03. The van der Waals surface area contributed by atoms with Crippen molar-refractivity contribution in [2.45, 2.75) is 20.0 Å². The van der Waals surface area contributed by atoms with Crippen LogP contribution < -0.4 is 5.32 Å². The number of nitrogens with one attached hydrogen (secondary N) is 1. The monoisotopic (exact) mass is 439 g/mol. The summed E-state index contributed by atoms with van der Waals surface area (Å²) in [4.78, 5) is 26.7. The summed E-state index contributed by atoms with van der Waals surface area (Å²) in [5, 5.41) is 3.61. The lowest BCUT2D eigenvalue weighted by Gasteiger charge is -2.11. The molecule has 0 bridgehead atoms. The second-order valence-electron chi connectivity index (χ2n) is 8.19. The first-order valence-corrected chi connectivity index (χ1v) is 10.7. The van der Waals surface area contributed by atoms with Crippen LogP contribution in [-0.4, -0.2) is 21.4 Å². The Morgan fingerprint density at radius 1 is 0.909 bits per heavy atom. The Labute approximate surface area is 190 Å². The molecule has 0 saturated carbocycles. The highest BCUT2D eigenvalue weighted by Crippen LogP contribution is 2.26. The number of para-hydroxylation sites is 1. The minimum Gasteiger partial charge on any atom is -0.342 e. The fraction of sp³-hybridized carbons (Fsp3) is 0.111. The minimum atomic E-state index is -0.443. The lowest BCUT2D eigenvalue weighted by atomic mass is 10.1. The quantitative estimate of drug-likeness (QED) is 0.342. The van der Waals surface area contributed by atoms with E-state index in [-0.39, 0.29) is 24.0 Å². The van der Waals surface area contributed by atoms with E-state index in [2.05, 4.69) is 5.32 Å². The summed E-state index contributed by atoms with van der Waals surface area (Å²) in [5.74, 6) is -0.633. The zero-order valence-electron chi connectivity index (χ0n) is 18.1. The van der Waals surface area contributed by atoms with Crippen LogP contribution >= 0.6 is 0 Å². The number of hydrogen-bond donors (Lipinski definition) is 1. The molecule has 1 aliphatic rings. The fourth-order valence-corrected chi connectivity index (χ4v) is 4.08. The van der Waals surface area contributed by atoms with Crippen molar-refractivity contribution >= 4 is 28.9 Å². The van der Waals surface area contributed by atoms with Gasteiger partial charge in [0.2, 0.25) is 0 Å². The van der Waals surface area contributed by atoms with Gasteiger partial charge in [0.05, 0.1) is 13.1 Å². The summed E-state index contributed by atoms with van der Waals surface area (Å²) in [7, 11) is 0. The first-order chi connectivity index (χ1) is 16.0. The van der Waals surface area contributed by atoms with Crippen LogP contribution in [0.15, 0.2) is 84.7 Å². The van der Waals surface area contributed by atoms with Gasteiger partial charge in [-0.05, 0) is 30.7 Å². The van der Waals surface area contributed by atoms with E-state index in [1.807, 2.05) is 72.3 Å². The molecule has 0 spiro atoms. The van der Waals surface area contributed by atoms with Crippen molar-refractivity contribution in [3.05, 3.63) is 113 Å². The zero-order valence-corrected chi connectivity index (χ0v) is 18.1. The molecule has 5 nitrogen and oxygen atoms in total. The standard InChI is InChI=1S/C27H22FN3O2/c1-18-10-12-19(13-11-18)15-31-26(32)24(29-27(31)33)14-21-17-30(25-9-5-3-7-22(21)25)16-20-6-2-4-8-23(20)28/h2-14,17H,15-16H2,1H3,(H,29,33)/b24-14+. The number of carbonyl (C=O) groups is 2. The lowest BCUT2D eigenvalue weighted by Crippen LogP contribution is -2.30. The Kier molecular flexibility index (Phi) is 5.26. The van der Waals surface area contributed by atoms with E-state index in [0.29, 0.717) is 12.1 Å². The van der Waals surface area contributed by atoms with Crippen LogP contribution in [0.3, 0.4) is 0 Å². The minimum absolute atomic E-state index is 0.206. The number of urea groups is 1. The van der Waals surface area contributed by atoms with Crippen molar-refractivity contribution in [2.75, 3.05) is 0 Å². The molecular formula is C27H22FN3O2. The van der Waals surface area contributed by atoms with Gasteiger partial charge < -0.3 is 9.88 Å². The van der Waals surface area contributed by atoms with Crippen LogP contribution in [0.4, 0.5) is 9.18 Å². The highest BCUT2D eigenvalue weighted by molar-refractivity contribution is 6.14. The number of rotatable bonds is 5. The highest BCUT2D eigenvalue weighted by atomic mass is 19.1. The largest absolute Gasteiger partial charge is 0.342 e. The van der Waals surface area contributed by atoms with Gasteiger partial charge in [-0.3, -0.25) is 9.69 Å². The summed E-state index contributed by atoms with van der Waals surface area (Å²) in [6.45, 7) is 2.55. The molecule has 0 unspecified atom stereocenters. The van der Waals surface area contributed by atoms with Crippen LogP contribution in [0.25, 0.3) is 17.0 Å². The van der Waals surface area contributed by atoms with E-state index in [1.165, 1.54) is 11.0 Å². The van der Waals surface area contributed by atoms with Crippen molar-refractivity contribution in [2.24, 2.45) is 0 Å².